The second-order valence-electron chi connectivity index (χ2n) is 9.63. The summed E-state index contributed by atoms with van der Waals surface area (Å²) in [5.74, 6) is 0.567. The lowest BCUT2D eigenvalue weighted by atomic mass is 10.1. The number of benzene rings is 1. The number of nitrogens with one attached hydrogen (secondary N) is 1. The molecule has 4 heterocycles. The van der Waals surface area contributed by atoms with Gasteiger partial charge in [-0.25, -0.2) is 15.0 Å². The number of anilines is 2. The first-order valence-corrected chi connectivity index (χ1v) is 12.4. The number of halogens is 6. The van der Waals surface area contributed by atoms with Gasteiger partial charge < -0.3 is 10.1 Å². The molecule has 7 nitrogen and oxygen atoms in total. The van der Waals surface area contributed by atoms with E-state index in [1.807, 2.05) is 13.8 Å². The van der Waals surface area contributed by atoms with Crippen molar-refractivity contribution in [3.8, 4) is 11.3 Å². The minimum absolute atomic E-state index is 0.0211. The summed E-state index contributed by atoms with van der Waals surface area (Å²) in [6.07, 6.45) is -6.66. The number of nitrogens with zero attached hydrogens (tertiary/aromatic N) is 5. The van der Waals surface area contributed by atoms with Gasteiger partial charge in [-0.2, -0.15) is 26.3 Å². The third-order valence-corrected chi connectivity index (χ3v) is 6.30. The van der Waals surface area contributed by atoms with Gasteiger partial charge in [-0.3, -0.25) is 9.88 Å². The summed E-state index contributed by atoms with van der Waals surface area (Å²) in [4.78, 5) is 19.6. The molecular formula is C27H24F6N6O. The van der Waals surface area contributed by atoms with Crippen molar-refractivity contribution in [3.05, 3.63) is 71.8 Å². The van der Waals surface area contributed by atoms with E-state index in [0.29, 0.717) is 31.1 Å². The van der Waals surface area contributed by atoms with E-state index in [-0.39, 0.29) is 40.3 Å². The van der Waals surface area contributed by atoms with Gasteiger partial charge in [0.05, 0.1) is 41.1 Å². The van der Waals surface area contributed by atoms with Crippen molar-refractivity contribution in [2.45, 2.75) is 45.0 Å². The number of rotatable bonds is 5. The Balaban J connectivity index is 1.57. The molecule has 0 bridgehead atoms. The number of morpholine rings is 1. The van der Waals surface area contributed by atoms with Gasteiger partial charge in [0, 0.05) is 36.7 Å². The molecule has 1 saturated heterocycles. The molecule has 0 spiro atoms. The van der Waals surface area contributed by atoms with Crippen molar-refractivity contribution in [3.63, 3.8) is 0 Å². The molecular weight excluding hydrogens is 538 g/mol. The van der Waals surface area contributed by atoms with Crippen LogP contribution in [-0.2, 0) is 23.6 Å². The summed E-state index contributed by atoms with van der Waals surface area (Å²) in [5.41, 5.74) is -1.09. The number of fused-ring (bicyclic) bond motifs is 1. The zero-order valence-electron chi connectivity index (χ0n) is 21.4. The first-order valence-electron chi connectivity index (χ1n) is 12.4. The molecule has 0 radical (unpaired) electrons. The van der Waals surface area contributed by atoms with E-state index in [0.717, 1.165) is 18.2 Å². The molecule has 1 aromatic carbocycles. The molecule has 0 amide bonds. The number of pyridine rings is 2. The molecule has 1 aliphatic heterocycles. The molecule has 1 N–H and O–H groups in total. The van der Waals surface area contributed by atoms with Crippen LogP contribution in [0.4, 0.5) is 37.8 Å². The second kappa shape index (κ2) is 10.6. The summed E-state index contributed by atoms with van der Waals surface area (Å²) in [7, 11) is 0. The molecule has 1 fully saturated rings. The molecule has 210 valence electrons. The van der Waals surface area contributed by atoms with Crippen LogP contribution >= 0.6 is 0 Å². The number of hydrogen-bond acceptors (Lipinski definition) is 7. The molecule has 2 atom stereocenters. The van der Waals surface area contributed by atoms with E-state index in [2.05, 4.69) is 30.2 Å². The molecule has 40 heavy (non-hydrogen) atoms. The predicted octanol–water partition coefficient (Wildman–Crippen LogP) is 6.48. The van der Waals surface area contributed by atoms with Gasteiger partial charge in [-0.1, -0.05) is 0 Å². The monoisotopic (exact) mass is 562 g/mol. The Morgan fingerprint density at radius 3 is 2.27 bits per heavy atom. The fourth-order valence-corrected chi connectivity index (χ4v) is 4.71. The average molecular weight is 563 g/mol. The molecule has 1 aliphatic rings. The van der Waals surface area contributed by atoms with Gasteiger partial charge in [0.15, 0.2) is 5.82 Å². The zero-order chi connectivity index (χ0) is 28.7. The van der Waals surface area contributed by atoms with E-state index >= 15 is 0 Å². The van der Waals surface area contributed by atoms with Gasteiger partial charge in [0.1, 0.15) is 11.3 Å². The lowest BCUT2D eigenvalue weighted by Gasteiger charge is -2.34. The molecule has 3 aromatic heterocycles. The van der Waals surface area contributed by atoms with E-state index in [1.165, 1.54) is 36.7 Å². The highest BCUT2D eigenvalue weighted by Gasteiger charge is 2.34. The summed E-state index contributed by atoms with van der Waals surface area (Å²) in [6, 6.07) is 8.00. The maximum Gasteiger partial charge on any atom is 0.418 e. The number of alkyl halides is 6. The van der Waals surface area contributed by atoms with Crippen molar-refractivity contribution >= 4 is 22.5 Å². The van der Waals surface area contributed by atoms with Gasteiger partial charge in [0.25, 0.3) is 0 Å². The summed E-state index contributed by atoms with van der Waals surface area (Å²) < 4.78 is 85.8. The molecule has 4 aromatic rings. The molecule has 5 rings (SSSR count). The SMILES string of the molecule is CC1CN(Cc2nc(Nc3ccc(C(F)(F)F)cc3)c3ncc(-c4ncccc4C(F)(F)F)cc3n2)CC(C)O1. The Hall–Kier alpha value is -3.84. The first kappa shape index (κ1) is 27.7. The van der Waals surface area contributed by atoms with Crippen LogP contribution in [0.5, 0.6) is 0 Å². The maximum absolute atomic E-state index is 13.7. The summed E-state index contributed by atoms with van der Waals surface area (Å²) >= 11 is 0. The highest BCUT2D eigenvalue weighted by Crippen LogP contribution is 2.37. The fraction of sp³-hybridized carbons (Fsp3) is 0.333. The van der Waals surface area contributed by atoms with E-state index < -0.39 is 23.5 Å². The predicted molar refractivity (Wildman–Crippen MR) is 136 cm³/mol. The van der Waals surface area contributed by atoms with Crippen LogP contribution in [-0.4, -0.2) is 50.1 Å². The van der Waals surface area contributed by atoms with Crippen LogP contribution in [0, 0.1) is 0 Å². The average Bonchev–Trinajstić information content (AvgIpc) is 2.87. The van der Waals surface area contributed by atoms with Crippen LogP contribution in [0.25, 0.3) is 22.3 Å². The normalized spacial score (nSPS) is 18.7. The highest BCUT2D eigenvalue weighted by molar-refractivity contribution is 5.89. The Morgan fingerprint density at radius 2 is 1.62 bits per heavy atom. The molecule has 13 heteroatoms. The van der Waals surface area contributed by atoms with E-state index in [1.54, 1.807) is 0 Å². The summed E-state index contributed by atoms with van der Waals surface area (Å²) in [5, 5.41) is 3.00. The first-order chi connectivity index (χ1) is 18.9. The van der Waals surface area contributed by atoms with Crippen LogP contribution in [0.15, 0.2) is 54.9 Å². The zero-order valence-corrected chi connectivity index (χ0v) is 21.4. The van der Waals surface area contributed by atoms with Crippen molar-refractivity contribution in [1.82, 2.24) is 24.8 Å². The Morgan fingerprint density at radius 1 is 0.925 bits per heavy atom. The van der Waals surface area contributed by atoms with E-state index in [9.17, 15) is 26.3 Å². The minimum atomic E-state index is -4.63. The number of aromatic nitrogens is 4. The third kappa shape index (κ3) is 6.15. The van der Waals surface area contributed by atoms with Gasteiger partial charge in [-0.15, -0.1) is 0 Å². The van der Waals surface area contributed by atoms with Crippen molar-refractivity contribution in [1.29, 1.82) is 0 Å². The topological polar surface area (TPSA) is 76.1 Å². The number of hydrogen-bond donors (Lipinski definition) is 1. The Bertz CT molecular complexity index is 1500. The van der Waals surface area contributed by atoms with Gasteiger partial charge in [0.2, 0.25) is 0 Å². The molecule has 0 aliphatic carbocycles. The van der Waals surface area contributed by atoms with Crippen LogP contribution in [0.2, 0.25) is 0 Å². The van der Waals surface area contributed by atoms with Gasteiger partial charge in [-0.05, 0) is 56.3 Å². The summed E-state index contributed by atoms with van der Waals surface area (Å²) in [6.45, 7) is 5.45. The lowest BCUT2D eigenvalue weighted by Crippen LogP contribution is -2.45. The Labute approximate surface area is 225 Å². The number of ether oxygens (including phenoxy) is 1. The quantitative estimate of drug-likeness (QED) is 0.279. The third-order valence-electron chi connectivity index (χ3n) is 6.30. The highest BCUT2D eigenvalue weighted by atomic mass is 19.4. The second-order valence-corrected chi connectivity index (χ2v) is 9.63. The standard InChI is InChI=1S/C27H24F6N6O/c1-15-12-39(13-16(2)40-15)14-22-37-21-10-17(23-20(27(31,32)33)4-3-9-34-23)11-35-24(21)25(38-22)36-19-7-5-18(6-8-19)26(28,29)30/h3-11,15-16H,12-14H2,1-2H3,(H,36,37,38). The van der Waals surface area contributed by atoms with Crippen LogP contribution < -0.4 is 5.32 Å². The minimum Gasteiger partial charge on any atom is -0.373 e. The van der Waals surface area contributed by atoms with Crippen LogP contribution in [0.3, 0.4) is 0 Å². The largest absolute Gasteiger partial charge is 0.418 e. The lowest BCUT2D eigenvalue weighted by molar-refractivity contribution is -0.138. The van der Waals surface area contributed by atoms with Gasteiger partial charge >= 0.3 is 12.4 Å². The fourth-order valence-electron chi connectivity index (χ4n) is 4.71. The molecule has 2 unspecified atom stereocenters. The van der Waals surface area contributed by atoms with Crippen LogP contribution in [0.1, 0.15) is 30.8 Å². The van der Waals surface area contributed by atoms with Crippen molar-refractivity contribution in [2.75, 3.05) is 18.4 Å². The van der Waals surface area contributed by atoms with Crippen molar-refractivity contribution in [2.24, 2.45) is 0 Å². The maximum atomic E-state index is 13.7. The smallest absolute Gasteiger partial charge is 0.373 e. The van der Waals surface area contributed by atoms with Crippen molar-refractivity contribution < 1.29 is 31.1 Å². The van der Waals surface area contributed by atoms with E-state index in [4.69, 9.17) is 4.74 Å². The molecule has 0 saturated carbocycles. The Kier molecular flexibility index (Phi) is 7.36.